The number of likely N-dealkylation sites (tertiary alicyclic amines) is 1. The lowest BCUT2D eigenvalue weighted by molar-refractivity contribution is -0.137. The average molecular weight is 492 g/mol. The average Bonchev–Trinajstić information content (AvgIpc) is 3.27. The van der Waals surface area contributed by atoms with Gasteiger partial charge < -0.3 is 15.0 Å². The van der Waals surface area contributed by atoms with Crippen molar-refractivity contribution >= 4 is 29.3 Å². The van der Waals surface area contributed by atoms with Crippen LogP contribution in [-0.2, 0) is 15.7 Å². The van der Waals surface area contributed by atoms with E-state index in [-0.39, 0.29) is 12.1 Å². The number of carbonyl (C=O) groups is 3. The van der Waals surface area contributed by atoms with Crippen LogP contribution in [-0.4, -0.2) is 41.5 Å². The molecule has 0 bridgehead atoms. The van der Waals surface area contributed by atoms with Gasteiger partial charge in [0.25, 0.3) is 5.91 Å². The predicted octanol–water partition coefficient (Wildman–Crippen LogP) is 4.47. The summed E-state index contributed by atoms with van der Waals surface area (Å²) in [5, 5.41) is 2.91. The van der Waals surface area contributed by atoms with Crippen LogP contribution < -0.4 is 16.2 Å². The van der Waals surface area contributed by atoms with Gasteiger partial charge in [-0.05, 0) is 63.6 Å². The van der Waals surface area contributed by atoms with Crippen LogP contribution in [0.2, 0.25) is 0 Å². The lowest BCUT2D eigenvalue weighted by Gasteiger charge is -2.24. The Labute approximate surface area is 200 Å². The van der Waals surface area contributed by atoms with Crippen LogP contribution in [0.3, 0.4) is 0 Å². The van der Waals surface area contributed by atoms with Gasteiger partial charge in [-0.1, -0.05) is 12.1 Å². The third kappa shape index (κ3) is 7.11. The van der Waals surface area contributed by atoms with E-state index in [0.29, 0.717) is 24.3 Å². The molecule has 188 valence electrons. The van der Waals surface area contributed by atoms with Gasteiger partial charge >= 0.3 is 12.3 Å². The van der Waals surface area contributed by atoms with Crippen molar-refractivity contribution in [1.29, 1.82) is 0 Å². The predicted molar refractivity (Wildman–Crippen MR) is 123 cm³/mol. The topological polar surface area (TPSA) is 99.8 Å². The number of amides is 3. The molecular weight excluding hydrogens is 465 g/mol. The van der Waals surface area contributed by atoms with Gasteiger partial charge in [-0.15, -0.1) is 0 Å². The Hall–Kier alpha value is -3.76. The molecule has 35 heavy (non-hydrogen) atoms. The summed E-state index contributed by atoms with van der Waals surface area (Å²) in [5.41, 5.74) is 4.17. The highest BCUT2D eigenvalue weighted by molar-refractivity contribution is 6.01. The molecule has 0 saturated carbocycles. The van der Waals surface area contributed by atoms with Gasteiger partial charge in [0.05, 0.1) is 22.7 Å². The zero-order chi connectivity index (χ0) is 25.8. The summed E-state index contributed by atoms with van der Waals surface area (Å²) in [6.45, 7) is 5.80. The minimum Gasteiger partial charge on any atom is -0.444 e. The van der Waals surface area contributed by atoms with Crippen LogP contribution in [0.4, 0.5) is 29.3 Å². The molecule has 1 aliphatic rings. The number of ether oxygens (including phenoxy) is 1. The fourth-order valence-corrected chi connectivity index (χ4v) is 3.44. The number of rotatable bonds is 4. The number of hydrogen-bond donors (Lipinski definition) is 3. The second kappa shape index (κ2) is 10.2. The van der Waals surface area contributed by atoms with E-state index in [1.165, 1.54) is 23.1 Å². The summed E-state index contributed by atoms with van der Waals surface area (Å²) in [6, 6.07) is 10.8. The molecule has 1 aliphatic heterocycles. The van der Waals surface area contributed by atoms with Crippen LogP contribution in [0.5, 0.6) is 0 Å². The van der Waals surface area contributed by atoms with Crippen LogP contribution in [0.15, 0.2) is 48.5 Å². The molecule has 8 nitrogen and oxygen atoms in total. The van der Waals surface area contributed by atoms with Crippen molar-refractivity contribution in [3.05, 3.63) is 59.7 Å². The highest BCUT2D eigenvalue weighted by Gasteiger charge is 2.34. The van der Waals surface area contributed by atoms with Crippen molar-refractivity contribution in [2.75, 3.05) is 18.4 Å². The number of para-hydroxylation sites is 1. The zero-order valence-corrected chi connectivity index (χ0v) is 19.5. The number of alkyl halides is 3. The van der Waals surface area contributed by atoms with Crippen molar-refractivity contribution in [3.63, 3.8) is 0 Å². The fraction of sp³-hybridized carbons (Fsp3) is 0.375. The molecule has 3 rings (SSSR count). The molecule has 2 aromatic rings. The molecular formula is C24H27F3N4O4. The van der Waals surface area contributed by atoms with Crippen molar-refractivity contribution in [2.45, 2.75) is 39.0 Å². The van der Waals surface area contributed by atoms with Crippen molar-refractivity contribution in [2.24, 2.45) is 5.92 Å². The smallest absolute Gasteiger partial charge is 0.416 e. The van der Waals surface area contributed by atoms with E-state index < -0.39 is 41.2 Å². The molecule has 11 heteroatoms. The van der Waals surface area contributed by atoms with E-state index in [1.807, 2.05) is 0 Å². The van der Waals surface area contributed by atoms with E-state index in [4.69, 9.17) is 4.74 Å². The molecule has 1 heterocycles. The third-order valence-electron chi connectivity index (χ3n) is 5.17. The SMILES string of the molecule is CC(C)(C)OC(=O)N1CCC(C(=O)NNC(=O)c2ccccc2Nc2ccc(C(F)(F)F)cc2)C1. The Balaban J connectivity index is 1.57. The van der Waals surface area contributed by atoms with Crippen LogP contribution >= 0.6 is 0 Å². The van der Waals surface area contributed by atoms with Gasteiger partial charge in [-0.25, -0.2) is 4.79 Å². The van der Waals surface area contributed by atoms with E-state index in [2.05, 4.69) is 16.2 Å². The highest BCUT2D eigenvalue weighted by Crippen LogP contribution is 2.30. The third-order valence-corrected chi connectivity index (χ3v) is 5.17. The number of halogens is 3. The number of carbonyl (C=O) groups excluding carboxylic acids is 3. The van der Waals surface area contributed by atoms with E-state index >= 15 is 0 Å². The van der Waals surface area contributed by atoms with Crippen LogP contribution in [0, 0.1) is 5.92 Å². The Morgan fingerprint density at radius 1 is 0.971 bits per heavy atom. The summed E-state index contributed by atoms with van der Waals surface area (Å²) in [6.07, 6.45) is -4.52. The molecule has 1 saturated heterocycles. The van der Waals surface area contributed by atoms with Crippen molar-refractivity contribution in [3.8, 4) is 0 Å². The molecule has 0 radical (unpaired) electrons. The van der Waals surface area contributed by atoms with Gasteiger partial charge in [0.2, 0.25) is 5.91 Å². The Morgan fingerprint density at radius 3 is 2.26 bits per heavy atom. The van der Waals surface area contributed by atoms with Gasteiger partial charge in [0.15, 0.2) is 0 Å². The van der Waals surface area contributed by atoms with Gasteiger partial charge in [-0.3, -0.25) is 20.4 Å². The van der Waals surface area contributed by atoms with Gasteiger partial charge in [0.1, 0.15) is 5.60 Å². The molecule has 1 unspecified atom stereocenters. The van der Waals surface area contributed by atoms with Crippen LogP contribution in [0.25, 0.3) is 0 Å². The lowest BCUT2D eigenvalue weighted by Crippen LogP contribution is -2.45. The maximum absolute atomic E-state index is 12.8. The molecule has 1 fully saturated rings. The van der Waals surface area contributed by atoms with Crippen LogP contribution in [0.1, 0.15) is 43.1 Å². The Kier molecular flexibility index (Phi) is 7.57. The summed E-state index contributed by atoms with van der Waals surface area (Å²) in [4.78, 5) is 38.8. The number of hydrogen-bond acceptors (Lipinski definition) is 5. The summed E-state index contributed by atoms with van der Waals surface area (Å²) in [7, 11) is 0. The molecule has 0 spiro atoms. The number of nitrogens with zero attached hydrogens (tertiary/aromatic N) is 1. The zero-order valence-electron chi connectivity index (χ0n) is 19.5. The maximum Gasteiger partial charge on any atom is 0.416 e. The number of nitrogens with one attached hydrogen (secondary N) is 3. The fourth-order valence-electron chi connectivity index (χ4n) is 3.44. The first-order chi connectivity index (χ1) is 16.3. The molecule has 2 aromatic carbocycles. The molecule has 1 atom stereocenters. The van der Waals surface area contributed by atoms with Crippen molar-refractivity contribution < 1.29 is 32.3 Å². The van der Waals surface area contributed by atoms with E-state index in [1.54, 1.807) is 39.0 Å². The second-order valence-electron chi connectivity index (χ2n) is 9.10. The first-order valence-electron chi connectivity index (χ1n) is 10.9. The minimum absolute atomic E-state index is 0.169. The Bertz CT molecular complexity index is 1080. The lowest BCUT2D eigenvalue weighted by atomic mass is 10.1. The summed E-state index contributed by atoms with van der Waals surface area (Å²) in [5.74, 6) is -1.57. The number of anilines is 2. The normalized spacial score (nSPS) is 15.9. The molecule has 0 aliphatic carbocycles. The molecule has 0 aromatic heterocycles. The molecule has 3 amide bonds. The standard InChI is InChI=1S/C24H27F3N4O4/c1-23(2,3)35-22(34)31-13-12-15(14-31)20(32)29-30-21(33)18-6-4-5-7-19(18)28-17-10-8-16(9-11-17)24(25,26)27/h4-11,15,28H,12-14H2,1-3H3,(H,29,32)(H,30,33). The first-order valence-corrected chi connectivity index (χ1v) is 10.9. The maximum atomic E-state index is 12.8. The largest absolute Gasteiger partial charge is 0.444 e. The quantitative estimate of drug-likeness (QED) is 0.547. The van der Waals surface area contributed by atoms with E-state index in [0.717, 1.165) is 12.1 Å². The first kappa shape index (κ1) is 25.9. The monoisotopic (exact) mass is 492 g/mol. The van der Waals surface area contributed by atoms with Gasteiger partial charge in [-0.2, -0.15) is 13.2 Å². The molecule has 3 N–H and O–H groups in total. The second-order valence-corrected chi connectivity index (χ2v) is 9.10. The number of hydrazine groups is 1. The van der Waals surface area contributed by atoms with E-state index in [9.17, 15) is 27.6 Å². The Morgan fingerprint density at radius 2 is 1.63 bits per heavy atom. The number of benzene rings is 2. The summed E-state index contributed by atoms with van der Waals surface area (Å²) < 4.78 is 43.6. The summed E-state index contributed by atoms with van der Waals surface area (Å²) >= 11 is 0. The van der Waals surface area contributed by atoms with Gasteiger partial charge in [0, 0.05) is 18.8 Å². The highest BCUT2D eigenvalue weighted by atomic mass is 19.4. The van der Waals surface area contributed by atoms with Crippen molar-refractivity contribution in [1.82, 2.24) is 15.8 Å². The minimum atomic E-state index is -4.45.